The maximum atomic E-state index is 2.53. The van der Waals surface area contributed by atoms with Crippen molar-refractivity contribution in [3.05, 3.63) is 42.0 Å². The highest BCUT2D eigenvalue weighted by atomic mass is 15.2. The van der Waals surface area contributed by atoms with Crippen LogP contribution in [0.15, 0.2) is 36.4 Å². The standard InChI is InChI=1S/C17H22N2/c1-3-14-7-8-15-5-4-6-17(16(15)13-14)19-11-9-18(2)10-12-19/h4-8,13H,3,9-12H2,1-2H3. The van der Waals surface area contributed by atoms with Gasteiger partial charge in [0, 0.05) is 37.3 Å². The number of hydrogen-bond acceptors (Lipinski definition) is 2. The second-order valence-electron chi connectivity index (χ2n) is 5.48. The predicted octanol–water partition coefficient (Wildman–Crippen LogP) is 3.15. The van der Waals surface area contributed by atoms with Crippen molar-refractivity contribution in [2.75, 3.05) is 38.1 Å². The van der Waals surface area contributed by atoms with Crippen molar-refractivity contribution in [1.82, 2.24) is 4.90 Å². The molecule has 0 N–H and O–H groups in total. The Labute approximate surface area is 115 Å². The number of piperazine rings is 1. The van der Waals surface area contributed by atoms with Gasteiger partial charge in [-0.25, -0.2) is 0 Å². The molecule has 1 fully saturated rings. The maximum absolute atomic E-state index is 2.53. The van der Waals surface area contributed by atoms with Crippen LogP contribution in [0.1, 0.15) is 12.5 Å². The summed E-state index contributed by atoms with van der Waals surface area (Å²) in [6, 6.07) is 13.5. The molecular formula is C17H22N2. The summed E-state index contributed by atoms with van der Waals surface area (Å²) in [5, 5.41) is 2.76. The number of rotatable bonds is 2. The van der Waals surface area contributed by atoms with Crippen LogP contribution < -0.4 is 4.90 Å². The smallest absolute Gasteiger partial charge is 0.0446 e. The molecule has 100 valence electrons. The van der Waals surface area contributed by atoms with Crippen molar-refractivity contribution in [2.45, 2.75) is 13.3 Å². The van der Waals surface area contributed by atoms with E-state index in [1.807, 2.05) is 0 Å². The molecule has 0 atom stereocenters. The van der Waals surface area contributed by atoms with Gasteiger partial charge in [0.05, 0.1) is 0 Å². The molecular weight excluding hydrogens is 232 g/mol. The minimum atomic E-state index is 1.10. The summed E-state index contributed by atoms with van der Waals surface area (Å²) in [5.41, 5.74) is 2.83. The van der Waals surface area contributed by atoms with Gasteiger partial charge in [-0.05, 0) is 36.6 Å². The molecule has 0 aromatic heterocycles. The molecule has 0 radical (unpaired) electrons. The Morgan fingerprint density at radius 2 is 1.79 bits per heavy atom. The van der Waals surface area contributed by atoms with Gasteiger partial charge in [0.25, 0.3) is 0 Å². The van der Waals surface area contributed by atoms with Crippen LogP contribution in [0.25, 0.3) is 10.8 Å². The molecule has 19 heavy (non-hydrogen) atoms. The van der Waals surface area contributed by atoms with E-state index in [1.54, 1.807) is 0 Å². The number of aryl methyl sites for hydroxylation is 1. The van der Waals surface area contributed by atoms with Gasteiger partial charge in [0.2, 0.25) is 0 Å². The Hall–Kier alpha value is -1.54. The van der Waals surface area contributed by atoms with Crippen molar-refractivity contribution < 1.29 is 0 Å². The second-order valence-corrected chi connectivity index (χ2v) is 5.48. The molecule has 2 heteroatoms. The normalized spacial score (nSPS) is 17.1. The summed E-state index contributed by atoms with van der Waals surface area (Å²) in [5.74, 6) is 0. The molecule has 1 aliphatic rings. The van der Waals surface area contributed by atoms with Gasteiger partial charge >= 0.3 is 0 Å². The van der Waals surface area contributed by atoms with Crippen molar-refractivity contribution in [3.63, 3.8) is 0 Å². The fraction of sp³-hybridized carbons (Fsp3) is 0.412. The third kappa shape index (κ3) is 2.45. The zero-order valence-electron chi connectivity index (χ0n) is 11.9. The van der Waals surface area contributed by atoms with E-state index in [2.05, 4.69) is 60.2 Å². The first kappa shape index (κ1) is 12.5. The first-order valence-corrected chi connectivity index (χ1v) is 7.23. The minimum absolute atomic E-state index is 1.10. The number of fused-ring (bicyclic) bond motifs is 1. The molecule has 0 spiro atoms. The van der Waals surface area contributed by atoms with Crippen LogP contribution in [0.5, 0.6) is 0 Å². The van der Waals surface area contributed by atoms with Gasteiger partial charge < -0.3 is 9.80 Å². The third-order valence-corrected chi connectivity index (χ3v) is 4.18. The highest BCUT2D eigenvalue weighted by Crippen LogP contribution is 2.28. The Bertz CT molecular complexity index is 568. The van der Waals surface area contributed by atoms with Crippen LogP contribution in [0.2, 0.25) is 0 Å². The molecule has 0 unspecified atom stereocenters. The third-order valence-electron chi connectivity index (χ3n) is 4.18. The van der Waals surface area contributed by atoms with E-state index >= 15 is 0 Å². The highest BCUT2D eigenvalue weighted by Gasteiger charge is 2.16. The van der Waals surface area contributed by atoms with Gasteiger partial charge in [-0.1, -0.05) is 31.2 Å². The van der Waals surface area contributed by atoms with Crippen LogP contribution in [-0.2, 0) is 6.42 Å². The highest BCUT2D eigenvalue weighted by molar-refractivity contribution is 5.94. The fourth-order valence-electron chi connectivity index (χ4n) is 2.85. The van der Waals surface area contributed by atoms with Crippen LogP contribution in [0.4, 0.5) is 5.69 Å². The molecule has 0 amide bonds. The molecule has 0 aliphatic carbocycles. The summed E-state index contributed by atoms with van der Waals surface area (Å²) in [7, 11) is 2.20. The Morgan fingerprint density at radius 1 is 1.00 bits per heavy atom. The Kier molecular flexibility index (Phi) is 3.43. The topological polar surface area (TPSA) is 6.48 Å². The van der Waals surface area contributed by atoms with Crippen molar-refractivity contribution in [2.24, 2.45) is 0 Å². The van der Waals surface area contributed by atoms with Gasteiger partial charge in [0.15, 0.2) is 0 Å². The van der Waals surface area contributed by atoms with Crippen LogP contribution in [0, 0.1) is 0 Å². The Morgan fingerprint density at radius 3 is 2.53 bits per heavy atom. The maximum Gasteiger partial charge on any atom is 0.0446 e. The summed E-state index contributed by atoms with van der Waals surface area (Å²) < 4.78 is 0. The second kappa shape index (κ2) is 5.22. The zero-order valence-corrected chi connectivity index (χ0v) is 11.9. The van der Waals surface area contributed by atoms with E-state index in [9.17, 15) is 0 Å². The van der Waals surface area contributed by atoms with Crippen LogP contribution >= 0.6 is 0 Å². The lowest BCUT2D eigenvalue weighted by molar-refractivity contribution is 0.313. The first-order chi connectivity index (χ1) is 9.28. The summed E-state index contributed by atoms with van der Waals surface area (Å²) in [6.45, 7) is 6.80. The van der Waals surface area contributed by atoms with Gasteiger partial charge in [0.1, 0.15) is 0 Å². The van der Waals surface area contributed by atoms with Gasteiger partial charge in [-0.2, -0.15) is 0 Å². The zero-order chi connectivity index (χ0) is 13.2. The van der Waals surface area contributed by atoms with Crippen LogP contribution in [-0.4, -0.2) is 38.1 Å². The van der Waals surface area contributed by atoms with Crippen molar-refractivity contribution >= 4 is 16.5 Å². The number of hydrogen-bond donors (Lipinski definition) is 0. The molecule has 0 saturated carbocycles. The van der Waals surface area contributed by atoms with E-state index < -0.39 is 0 Å². The molecule has 2 aromatic rings. The fourth-order valence-corrected chi connectivity index (χ4v) is 2.85. The lowest BCUT2D eigenvalue weighted by Gasteiger charge is -2.34. The minimum Gasteiger partial charge on any atom is -0.368 e. The lowest BCUT2D eigenvalue weighted by atomic mass is 10.0. The number of benzene rings is 2. The van der Waals surface area contributed by atoms with Gasteiger partial charge in [-0.15, -0.1) is 0 Å². The van der Waals surface area contributed by atoms with E-state index in [4.69, 9.17) is 0 Å². The van der Waals surface area contributed by atoms with E-state index in [0.717, 1.165) is 32.6 Å². The average molecular weight is 254 g/mol. The molecule has 1 aliphatic heterocycles. The SMILES string of the molecule is CCc1ccc2cccc(N3CCN(C)CC3)c2c1. The molecule has 1 saturated heterocycles. The van der Waals surface area contributed by atoms with Crippen molar-refractivity contribution in [1.29, 1.82) is 0 Å². The molecule has 1 heterocycles. The van der Waals surface area contributed by atoms with E-state index in [-0.39, 0.29) is 0 Å². The van der Waals surface area contributed by atoms with E-state index in [0.29, 0.717) is 0 Å². The number of anilines is 1. The lowest BCUT2D eigenvalue weighted by Crippen LogP contribution is -2.44. The molecule has 0 bridgehead atoms. The molecule has 3 rings (SSSR count). The molecule has 2 aromatic carbocycles. The quantitative estimate of drug-likeness (QED) is 0.812. The van der Waals surface area contributed by atoms with Crippen molar-refractivity contribution in [3.8, 4) is 0 Å². The van der Waals surface area contributed by atoms with Gasteiger partial charge in [-0.3, -0.25) is 0 Å². The summed E-state index contributed by atoms with van der Waals surface area (Å²) in [4.78, 5) is 4.93. The number of nitrogens with zero attached hydrogens (tertiary/aromatic N) is 2. The largest absolute Gasteiger partial charge is 0.368 e. The monoisotopic (exact) mass is 254 g/mol. The predicted molar refractivity (Wildman–Crippen MR) is 83.0 cm³/mol. The summed E-state index contributed by atoms with van der Waals surface area (Å²) in [6.07, 6.45) is 1.10. The average Bonchev–Trinajstić information content (AvgIpc) is 2.47. The van der Waals surface area contributed by atoms with Crippen LogP contribution in [0.3, 0.4) is 0 Å². The Balaban J connectivity index is 2.02. The number of likely N-dealkylation sites (N-methyl/N-ethyl adjacent to an activating group) is 1. The summed E-state index contributed by atoms with van der Waals surface area (Å²) >= 11 is 0. The first-order valence-electron chi connectivity index (χ1n) is 7.23. The van der Waals surface area contributed by atoms with E-state index in [1.165, 1.54) is 22.0 Å². The molecule has 2 nitrogen and oxygen atoms in total.